The van der Waals surface area contributed by atoms with E-state index in [1.807, 2.05) is 17.5 Å². The Kier molecular flexibility index (Phi) is 6.13. The Morgan fingerprint density at radius 2 is 2.00 bits per heavy atom. The summed E-state index contributed by atoms with van der Waals surface area (Å²) in [6.07, 6.45) is 4.64. The molecule has 0 spiro atoms. The third-order valence-electron chi connectivity index (χ3n) is 6.48. The van der Waals surface area contributed by atoms with Crippen LogP contribution in [0.4, 0.5) is 0 Å². The number of hydrogen-bond donors (Lipinski definition) is 0. The van der Waals surface area contributed by atoms with E-state index >= 15 is 0 Å². The molecule has 1 atom stereocenters. The number of aromatic nitrogens is 2. The predicted octanol–water partition coefficient (Wildman–Crippen LogP) is 4.00. The van der Waals surface area contributed by atoms with Gasteiger partial charge in [0.05, 0.1) is 4.88 Å². The maximum absolute atomic E-state index is 12.8. The first-order valence-electron chi connectivity index (χ1n) is 11.2. The summed E-state index contributed by atoms with van der Waals surface area (Å²) >= 11 is 1.62. The number of carbonyl (C=O) groups is 1. The van der Waals surface area contributed by atoms with Crippen molar-refractivity contribution in [2.24, 2.45) is 0 Å². The van der Waals surface area contributed by atoms with Crippen LogP contribution in [0.2, 0.25) is 0 Å². The van der Waals surface area contributed by atoms with Gasteiger partial charge in [0.15, 0.2) is 0 Å². The lowest BCUT2D eigenvalue weighted by Gasteiger charge is -2.35. The first-order chi connectivity index (χ1) is 15.3. The molecule has 1 saturated heterocycles. The van der Waals surface area contributed by atoms with Crippen molar-refractivity contribution in [3.05, 3.63) is 58.8 Å². The van der Waals surface area contributed by atoms with Gasteiger partial charge in [0.2, 0.25) is 17.6 Å². The predicted molar refractivity (Wildman–Crippen MR) is 121 cm³/mol. The molecule has 3 heterocycles. The van der Waals surface area contributed by atoms with E-state index in [1.165, 1.54) is 11.1 Å². The maximum atomic E-state index is 12.8. The zero-order valence-corrected chi connectivity index (χ0v) is 18.5. The van der Waals surface area contributed by atoms with Crippen molar-refractivity contribution in [3.63, 3.8) is 0 Å². The van der Waals surface area contributed by atoms with Crippen molar-refractivity contribution in [3.8, 4) is 10.7 Å². The Balaban J connectivity index is 1.04. The molecule has 2 aliphatic rings. The lowest BCUT2D eigenvalue weighted by atomic mass is 9.97. The second-order valence-electron chi connectivity index (χ2n) is 8.45. The molecule has 1 fully saturated rings. The van der Waals surface area contributed by atoms with Crippen LogP contribution in [-0.2, 0) is 17.6 Å². The molecule has 0 N–H and O–H groups in total. The average Bonchev–Trinajstić information content (AvgIpc) is 3.56. The van der Waals surface area contributed by atoms with Gasteiger partial charge >= 0.3 is 0 Å². The van der Waals surface area contributed by atoms with Crippen LogP contribution in [0.1, 0.15) is 42.2 Å². The van der Waals surface area contributed by atoms with Gasteiger partial charge in [-0.15, -0.1) is 11.3 Å². The number of thiophene rings is 1. The Morgan fingerprint density at radius 3 is 2.84 bits per heavy atom. The summed E-state index contributed by atoms with van der Waals surface area (Å²) in [5.41, 5.74) is 2.81. The van der Waals surface area contributed by atoms with E-state index < -0.39 is 0 Å². The topological polar surface area (TPSA) is 62.5 Å². The van der Waals surface area contributed by atoms with Crippen LogP contribution in [0.25, 0.3) is 10.7 Å². The van der Waals surface area contributed by atoms with Crippen LogP contribution in [0.15, 0.2) is 46.3 Å². The summed E-state index contributed by atoms with van der Waals surface area (Å²) in [6, 6.07) is 12.6. The third kappa shape index (κ3) is 4.72. The Bertz CT molecular complexity index is 1010. The van der Waals surface area contributed by atoms with Gasteiger partial charge in [-0.2, -0.15) is 4.98 Å². The van der Waals surface area contributed by atoms with Gasteiger partial charge in [0.1, 0.15) is 0 Å². The lowest BCUT2D eigenvalue weighted by molar-refractivity contribution is -0.133. The fourth-order valence-electron chi connectivity index (χ4n) is 4.73. The summed E-state index contributed by atoms with van der Waals surface area (Å²) in [4.78, 5) is 22.9. The minimum Gasteiger partial charge on any atom is -0.340 e. The van der Waals surface area contributed by atoms with Crippen molar-refractivity contribution in [1.82, 2.24) is 19.9 Å². The van der Waals surface area contributed by atoms with Gasteiger partial charge < -0.3 is 9.42 Å². The van der Waals surface area contributed by atoms with Crippen LogP contribution in [0.3, 0.4) is 0 Å². The number of fused-ring (bicyclic) bond motifs is 1. The van der Waals surface area contributed by atoms with Crippen LogP contribution < -0.4 is 0 Å². The molecule has 1 unspecified atom stereocenters. The van der Waals surface area contributed by atoms with Crippen LogP contribution in [0.5, 0.6) is 0 Å². The zero-order valence-electron chi connectivity index (χ0n) is 17.7. The Labute approximate surface area is 186 Å². The van der Waals surface area contributed by atoms with Crippen molar-refractivity contribution < 1.29 is 9.32 Å². The van der Waals surface area contributed by atoms with E-state index in [1.54, 1.807) is 11.3 Å². The molecule has 162 valence electrons. The number of hydrogen-bond acceptors (Lipinski definition) is 6. The fraction of sp³-hybridized carbons (Fsp3) is 0.458. The molecule has 1 aliphatic carbocycles. The van der Waals surface area contributed by atoms with E-state index in [4.69, 9.17) is 4.52 Å². The standard InChI is InChI=1S/C24H28N4O2S/c29-23(17-19-10-9-18-5-1-2-6-20(18)19)28-14-12-27(13-15-28)11-3-8-22-25-24(26-30-22)21-7-4-16-31-21/h1-2,4-7,16,19H,3,8-15,17H2. The molecular formula is C24H28N4O2S. The maximum Gasteiger partial charge on any atom is 0.227 e. The molecule has 1 aromatic carbocycles. The third-order valence-corrected chi connectivity index (χ3v) is 7.34. The Hall–Kier alpha value is -2.51. The van der Waals surface area contributed by atoms with E-state index in [9.17, 15) is 4.79 Å². The molecule has 7 heteroatoms. The van der Waals surface area contributed by atoms with Crippen molar-refractivity contribution in [1.29, 1.82) is 0 Å². The summed E-state index contributed by atoms with van der Waals surface area (Å²) in [5, 5.41) is 6.09. The van der Waals surface area contributed by atoms with Gasteiger partial charge in [-0.05, 0) is 54.3 Å². The number of nitrogens with zero attached hydrogens (tertiary/aromatic N) is 4. The van der Waals surface area contributed by atoms with Crippen molar-refractivity contribution in [2.45, 2.75) is 38.0 Å². The Morgan fingerprint density at radius 1 is 1.13 bits per heavy atom. The summed E-state index contributed by atoms with van der Waals surface area (Å²) in [7, 11) is 0. The van der Waals surface area contributed by atoms with E-state index in [0.717, 1.165) is 63.3 Å². The first kappa shape index (κ1) is 20.4. The second-order valence-corrected chi connectivity index (χ2v) is 9.40. The van der Waals surface area contributed by atoms with Crippen LogP contribution in [-0.4, -0.2) is 58.6 Å². The molecule has 6 nitrogen and oxygen atoms in total. The molecular weight excluding hydrogens is 408 g/mol. The summed E-state index contributed by atoms with van der Waals surface area (Å²) in [5.74, 6) is 2.10. The minimum absolute atomic E-state index is 0.313. The van der Waals surface area contributed by atoms with Crippen molar-refractivity contribution >= 4 is 17.2 Å². The second kappa shape index (κ2) is 9.32. The molecule has 0 bridgehead atoms. The SMILES string of the molecule is O=C(CC1CCc2ccccc21)N1CCN(CCCc2nc(-c3cccs3)no2)CC1. The van der Waals surface area contributed by atoms with Crippen LogP contribution in [0, 0.1) is 0 Å². The van der Waals surface area contributed by atoms with Gasteiger partial charge in [-0.1, -0.05) is 35.5 Å². The average molecular weight is 437 g/mol. The molecule has 3 aromatic rings. The van der Waals surface area contributed by atoms with Gasteiger partial charge in [-0.25, -0.2) is 0 Å². The fourth-order valence-corrected chi connectivity index (χ4v) is 5.38. The normalized spacial score (nSPS) is 19.0. The molecule has 0 saturated carbocycles. The van der Waals surface area contributed by atoms with E-state index in [-0.39, 0.29) is 0 Å². The summed E-state index contributed by atoms with van der Waals surface area (Å²) in [6.45, 7) is 4.54. The van der Waals surface area contributed by atoms with Gasteiger partial charge in [-0.3, -0.25) is 9.69 Å². The largest absolute Gasteiger partial charge is 0.340 e. The highest BCUT2D eigenvalue weighted by Gasteiger charge is 2.28. The highest BCUT2D eigenvalue weighted by molar-refractivity contribution is 7.13. The highest BCUT2D eigenvalue weighted by Crippen LogP contribution is 2.35. The van der Waals surface area contributed by atoms with E-state index in [2.05, 4.69) is 44.2 Å². The summed E-state index contributed by atoms with van der Waals surface area (Å²) < 4.78 is 5.39. The van der Waals surface area contributed by atoms with E-state index in [0.29, 0.717) is 30.0 Å². The molecule has 2 aromatic heterocycles. The zero-order chi connectivity index (χ0) is 21.0. The number of piperazine rings is 1. The minimum atomic E-state index is 0.313. The molecule has 1 aliphatic heterocycles. The monoisotopic (exact) mass is 436 g/mol. The smallest absolute Gasteiger partial charge is 0.227 e. The quantitative estimate of drug-likeness (QED) is 0.560. The van der Waals surface area contributed by atoms with Gasteiger partial charge in [0.25, 0.3) is 0 Å². The first-order valence-corrected chi connectivity index (χ1v) is 12.1. The number of benzene rings is 1. The molecule has 31 heavy (non-hydrogen) atoms. The molecule has 5 rings (SSSR count). The number of rotatable bonds is 7. The number of amides is 1. The van der Waals surface area contributed by atoms with Crippen LogP contribution >= 0.6 is 11.3 Å². The van der Waals surface area contributed by atoms with Crippen molar-refractivity contribution in [2.75, 3.05) is 32.7 Å². The molecule has 0 radical (unpaired) electrons. The number of aryl methyl sites for hydroxylation is 2. The highest BCUT2D eigenvalue weighted by atomic mass is 32.1. The molecule has 1 amide bonds. The lowest BCUT2D eigenvalue weighted by Crippen LogP contribution is -2.49. The van der Waals surface area contributed by atoms with Gasteiger partial charge in [0, 0.05) is 39.0 Å². The number of carbonyl (C=O) groups excluding carboxylic acids is 1.